The zero-order valence-electron chi connectivity index (χ0n) is 22.7. The maximum absolute atomic E-state index is 13.5. The molecule has 0 atom stereocenters. The molecule has 1 amide bonds. The summed E-state index contributed by atoms with van der Waals surface area (Å²) in [5, 5.41) is 6.45. The van der Waals surface area contributed by atoms with Crippen molar-refractivity contribution in [2.24, 2.45) is 0 Å². The number of carbonyl (C=O) groups is 1. The zero-order valence-corrected chi connectivity index (χ0v) is 22.7. The Morgan fingerprint density at radius 3 is 2.46 bits per heavy atom. The van der Waals surface area contributed by atoms with Gasteiger partial charge in [0, 0.05) is 53.4 Å². The number of rotatable bonds is 9. The molecule has 1 saturated heterocycles. The van der Waals surface area contributed by atoms with E-state index in [1.54, 1.807) is 6.20 Å². The van der Waals surface area contributed by atoms with Crippen molar-refractivity contribution in [1.82, 2.24) is 14.9 Å². The number of hydrogen-bond donors (Lipinski definition) is 2. The molecule has 5 rings (SSSR count). The van der Waals surface area contributed by atoms with Crippen LogP contribution in [-0.2, 0) is 11.3 Å². The van der Waals surface area contributed by atoms with E-state index < -0.39 is 0 Å². The van der Waals surface area contributed by atoms with E-state index in [4.69, 9.17) is 0 Å². The normalized spacial score (nSPS) is 13.8. The predicted octanol–water partition coefficient (Wildman–Crippen LogP) is 6.88. The first-order valence-corrected chi connectivity index (χ1v) is 13.7. The highest BCUT2D eigenvalue weighted by Gasteiger charge is 2.18. The van der Waals surface area contributed by atoms with Gasteiger partial charge in [0.25, 0.3) is 5.91 Å². The number of allylic oxidation sites excluding steroid dienone is 1. The summed E-state index contributed by atoms with van der Waals surface area (Å²) in [6.07, 6.45) is 9.95. The fourth-order valence-corrected chi connectivity index (χ4v) is 5.08. The van der Waals surface area contributed by atoms with E-state index in [0.29, 0.717) is 11.3 Å². The Bertz CT molecular complexity index is 1440. The molecule has 2 N–H and O–H groups in total. The van der Waals surface area contributed by atoms with Gasteiger partial charge in [-0.2, -0.15) is 0 Å². The molecule has 2 aromatic carbocycles. The number of nitrogens with zero attached hydrogens (tertiary/aromatic N) is 3. The number of nitrogens with one attached hydrogen (secondary N) is 2. The highest BCUT2D eigenvalue weighted by molar-refractivity contribution is 6.26. The molecule has 6 nitrogen and oxygen atoms in total. The van der Waals surface area contributed by atoms with E-state index in [1.165, 1.54) is 18.4 Å². The van der Waals surface area contributed by atoms with Crippen LogP contribution in [0.25, 0.3) is 28.0 Å². The summed E-state index contributed by atoms with van der Waals surface area (Å²) >= 11 is 0. The average molecular weight is 518 g/mol. The fourth-order valence-electron chi connectivity index (χ4n) is 5.08. The lowest BCUT2D eigenvalue weighted by Gasteiger charge is -2.17. The van der Waals surface area contributed by atoms with Crippen molar-refractivity contribution in [2.45, 2.75) is 33.2 Å². The van der Waals surface area contributed by atoms with Gasteiger partial charge in [0.1, 0.15) is 0 Å². The van der Waals surface area contributed by atoms with E-state index >= 15 is 0 Å². The molecule has 198 valence electrons. The van der Waals surface area contributed by atoms with Gasteiger partial charge in [-0.1, -0.05) is 42.5 Å². The largest absolute Gasteiger partial charge is 0.385 e. The van der Waals surface area contributed by atoms with Gasteiger partial charge in [0.05, 0.1) is 17.6 Å². The van der Waals surface area contributed by atoms with Crippen molar-refractivity contribution >= 4 is 22.9 Å². The smallest absolute Gasteiger partial charge is 0.256 e. The SMILES string of the molecule is CC=C(C(=O)Nc1ccc(-c2ccccc2)nc1)c1cc(-c2cncc(CN3CCCC3)c2)ccc1NCC. The van der Waals surface area contributed by atoms with Crippen molar-refractivity contribution < 1.29 is 4.79 Å². The Morgan fingerprint density at radius 1 is 0.923 bits per heavy atom. The molecule has 6 heteroatoms. The standard InChI is InChI=1S/C33H35N5O/c1-3-29(33(39)37-28-13-15-31(36-22-28)25-10-6-5-7-11-25)30-19-26(12-14-32(30)35-4-2)27-18-24(20-34-21-27)23-38-16-8-9-17-38/h3,5-7,10-15,18-22,35H,4,8-9,16-17,23H2,1-2H3,(H,37,39). The summed E-state index contributed by atoms with van der Waals surface area (Å²) in [4.78, 5) is 25.1. The summed E-state index contributed by atoms with van der Waals surface area (Å²) in [7, 11) is 0. The summed E-state index contributed by atoms with van der Waals surface area (Å²) in [6.45, 7) is 7.92. The molecule has 2 aromatic heterocycles. The maximum atomic E-state index is 13.5. The number of pyridine rings is 2. The van der Waals surface area contributed by atoms with Crippen LogP contribution in [0.1, 0.15) is 37.8 Å². The van der Waals surface area contributed by atoms with Crippen LogP contribution in [0.2, 0.25) is 0 Å². The van der Waals surface area contributed by atoms with Crippen molar-refractivity contribution in [2.75, 3.05) is 30.3 Å². The number of amides is 1. The molecule has 0 unspecified atom stereocenters. The fraction of sp³-hybridized carbons (Fsp3) is 0.242. The third-order valence-corrected chi connectivity index (χ3v) is 7.03. The molecule has 0 radical (unpaired) electrons. The highest BCUT2D eigenvalue weighted by Crippen LogP contribution is 2.31. The Hall–Kier alpha value is -4.29. The van der Waals surface area contributed by atoms with E-state index in [9.17, 15) is 4.79 Å². The molecule has 0 aliphatic carbocycles. The first kappa shape index (κ1) is 26.3. The van der Waals surface area contributed by atoms with Crippen LogP contribution in [0, 0.1) is 0 Å². The van der Waals surface area contributed by atoms with Gasteiger partial charge in [-0.3, -0.25) is 19.7 Å². The molecule has 39 heavy (non-hydrogen) atoms. The van der Waals surface area contributed by atoms with E-state index in [1.807, 2.05) is 73.9 Å². The predicted molar refractivity (Wildman–Crippen MR) is 160 cm³/mol. The van der Waals surface area contributed by atoms with E-state index in [-0.39, 0.29) is 5.91 Å². The van der Waals surface area contributed by atoms with Crippen molar-refractivity contribution in [3.8, 4) is 22.4 Å². The number of hydrogen-bond acceptors (Lipinski definition) is 5. The van der Waals surface area contributed by atoms with Gasteiger partial charge in [-0.25, -0.2) is 0 Å². The van der Waals surface area contributed by atoms with Gasteiger partial charge >= 0.3 is 0 Å². The van der Waals surface area contributed by atoms with Crippen LogP contribution in [0.5, 0.6) is 0 Å². The number of aromatic nitrogens is 2. The molecular formula is C33H35N5O. The van der Waals surface area contributed by atoms with Gasteiger partial charge in [0.2, 0.25) is 0 Å². The molecule has 0 saturated carbocycles. The Kier molecular flexibility index (Phi) is 8.44. The Morgan fingerprint density at radius 2 is 1.74 bits per heavy atom. The molecule has 1 aliphatic rings. The van der Waals surface area contributed by atoms with E-state index in [0.717, 1.165) is 59.8 Å². The third kappa shape index (κ3) is 6.41. The van der Waals surface area contributed by atoms with Crippen LogP contribution >= 0.6 is 0 Å². The molecule has 3 heterocycles. The molecular weight excluding hydrogens is 482 g/mol. The second kappa shape index (κ2) is 12.5. The van der Waals surface area contributed by atoms with E-state index in [2.05, 4.69) is 50.6 Å². The molecule has 0 bridgehead atoms. The minimum atomic E-state index is -0.177. The number of anilines is 2. The van der Waals surface area contributed by atoms with Crippen molar-refractivity contribution in [1.29, 1.82) is 0 Å². The monoisotopic (exact) mass is 517 g/mol. The quantitative estimate of drug-likeness (QED) is 0.237. The van der Waals surface area contributed by atoms with Gasteiger partial charge < -0.3 is 10.6 Å². The number of likely N-dealkylation sites (tertiary alicyclic amines) is 1. The zero-order chi connectivity index (χ0) is 27.0. The van der Waals surface area contributed by atoms with Gasteiger partial charge in [0.15, 0.2) is 0 Å². The minimum Gasteiger partial charge on any atom is -0.385 e. The van der Waals surface area contributed by atoms with Crippen LogP contribution < -0.4 is 10.6 Å². The summed E-state index contributed by atoms with van der Waals surface area (Å²) in [6, 6.07) is 22.2. The van der Waals surface area contributed by atoms with Crippen molar-refractivity contribution in [3.63, 3.8) is 0 Å². The molecule has 4 aromatic rings. The second-order valence-electron chi connectivity index (χ2n) is 9.81. The van der Waals surface area contributed by atoms with Gasteiger partial charge in [-0.05, 0) is 81.2 Å². The summed E-state index contributed by atoms with van der Waals surface area (Å²) in [5.41, 5.74) is 8.22. The lowest BCUT2D eigenvalue weighted by Crippen LogP contribution is -2.18. The van der Waals surface area contributed by atoms with Gasteiger partial charge in [-0.15, -0.1) is 0 Å². The van der Waals surface area contributed by atoms with Crippen LogP contribution in [0.15, 0.2) is 91.4 Å². The molecule has 1 aliphatic heterocycles. The van der Waals surface area contributed by atoms with Crippen LogP contribution in [0.3, 0.4) is 0 Å². The summed E-state index contributed by atoms with van der Waals surface area (Å²) < 4.78 is 0. The average Bonchev–Trinajstić information content (AvgIpc) is 3.48. The van der Waals surface area contributed by atoms with Crippen LogP contribution in [0.4, 0.5) is 11.4 Å². The first-order valence-electron chi connectivity index (χ1n) is 13.7. The topological polar surface area (TPSA) is 70.2 Å². The third-order valence-electron chi connectivity index (χ3n) is 7.03. The lowest BCUT2D eigenvalue weighted by atomic mass is 9.96. The first-order chi connectivity index (χ1) is 19.1. The molecule has 0 spiro atoms. The molecule has 1 fully saturated rings. The maximum Gasteiger partial charge on any atom is 0.256 e. The minimum absolute atomic E-state index is 0.177. The van der Waals surface area contributed by atoms with Crippen LogP contribution in [-0.4, -0.2) is 40.4 Å². The summed E-state index contributed by atoms with van der Waals surface area (Å²) in [5.74, 6) is -0.177. The number of benzene rings is 2. The lowest BCUT2D eigenvalue weighted by molar-refractivity contribution is -0.111. The second-order valence-corrected chi connectivity index (χ2v) is 9.81. The Balaban J connectivity index is 1.39. The number of carbonyl (C=O) groups excluding carboxylic acids is 1. The Labute approximate surface area is 230 Å². The van der Waals surface area contributed by atoms with Crippen molar-refractivity contribution in [3.05, 3.63) is 103 Å². The highest BCUT2D eigenvalue weighted by atomic mass is 16.1.